The normalized spacial score (nSPS) is 12.1. The molecule has 2 heteroatoms. The number of hydrogen-bond acceptors (Lipinski definition) is 1. The molecule has 1 rings (SSSR count). The van der Waals surface area contributed by atoms with Crippen molar-refractivity contribution in [3.63, 3.8) is 0 Å². The Morgan fingerprint density at radius 1 is 1.47 bits per heavy atom. The van der Waals surface area contributed by atoms with Gasteiger partial charge in [0.25, 0.3) is 0 Å². The molecule has 0 saturated carbocycles. The fraction of sp³-hybridized carbons (Fsp3) is 0.462. The summed E-state index contributed by atoms with van der Waals surface area (Å²) in [5.74, 6) is -0.111. The Kier molecular flexibility index (Phi) is 4.30. The molecule has 0 aliphatic rings. The molecule has 0 aromatic heterocycles. The molecule has 0 amide bonds. The largest absolute Gasteiger partial charge is 0.250 e. The molecule has 1 aromatic carbocycles. The Balaban J connectivity index is 3.11. The second kappa shape index (κ2) is 5.50. The quantitative estimate of drug-likeness (QED) is 0.737. The van der Waals surface area contributed by atoms with E-state index < -0.39 is 0 Å². The Labute approximate surface area is 90.5 Å². The first-order valence-electron chi connectivity index (χ1n) is 5.31. The highest BCUT2D eigenvalue weighted by molar-refractivity contribution is 5.40. The first-order valence-corrected chi connectivity index (χ1v) is 5.31. The highest BCUT2D eigenvalue weighted by Gasteiger charge is 2.10. The smallest absolute Gasteiger partial charge is 0.0991 e. The number of rotatable bonds is 4. The second-order valence-corrected chi connectivity index (χ2v) is 3.83. The van der Waals surface area contributed by atoms with Gasteiger partial charge in [-0.15, -0.1) is 0 Å². The molecule has 0 aliphatic heterocycles. The topological polar surface area (TPSA) is 23.8 Å². The Bertz CT molecular complexity index is 365. The van der Waals surface area contributed by atoms with Crippen LogP contribution < -0.4 is 0 Å². The lowest BCUT2D eigenvalue weighted by Gasteiger charge is -2.13. The van der Waals surface area contributed by atoms with Crippen molar-refractivity contribution in [1.82, 2.24) is 0 Å². The van der Waals surface area contributed by atoms with Crippen molar-refractivity contribution in [3.05, 3.63) is 34.9 Å². The van der Waals surface area contributed by atoms with Gasteiger partial charge in [-0.3, -0.25) is 4.39 Å². The van der Waals surface area contributed by atoms with E-state index in [1.165, 1.54) is 5.56 Å². The van der Waals surface area contributed by atoms with Crippen LogP contribution in [0.3, 0.4) is 0 Å². The third-order valence-electron chi connectivity index (χ3n) is 2.56. The fourth-order valence-corrected chi connectivity index (χ4v) is 1.70. The van der Waals surface area contributed by atoms with E-state index in [0.29, 0.717) is 5.56 Å². The summed E-state index contributed by atoms with van der Waals surface area (Å²) in [6.45, 7) is 3.59. The molecule has 80 valence electrons. The summed E-state index contributed by atoms with van der Waals surface area (Å²) in [4.78, 5) is 0. The summed E-state index contributed by atoms with van der Waals surface area (Å²) in [6.07, 6.45) is 1.99. The van der Waals surface area contributed by atoms with Gasteiger partial charge in [0, 0.05) is 5.92 Å². The minimum atomic E-state index is -0.369. The molecule has 15 heavy (non-hydrogen) atoms. The molecule has 1 aromatic rings. The van der Waals surface area contributed by atoms with Crippen LogP contribution in [0.4, 0.5) is 4.39 Å². The number of hydrogen-bond donors (Lipinski definition) is 0. The van der Waals surface area contributed by atoms with Crippen LogP contribution >= 0.6 is 0 Å². The maximum absolute atomic E-state index is 12.6. The van der Waals surface area contributed by atoms with Crippen molar-refractivity contribution in [2.45, 2.75) is 32.6 Å². The standard InChI is InChI=1S/C13H16FN/c1-3-4-12-6-5-11(9-15)7-13(12)10(2)8-14/h5-7,10H,3-4,8H2,1-2H3. The minimum Gasteiger partial charge on any atom is -0.250 e. The number of alkyl halides is 1. The van der Waals surface area contributed by atoms with Gasteiger partial charge in [0.15, 0.2) is 0 Å². The van der Waals surface area contributed by atoms with Crippen LogP contribution in [0, 0.1) is 11.3 Å². The van der Waals surface area contributed by atoms with Crippen molar-refractivity contribution in [2.75, 3.05) is 6.67 Å². The lowest BCUT2D eigenvalue weighted by atomic mass is 9.92. The summed E-state index contributed by atoms with van der Waals surface area (Å²) in [6, 6.07) is 7.66. The molecule has 0 saturated heterocycles. The molecule has 1 atom stereocenters. The van der Waals surface area contributed by atoms with Crippen LogP contribution in [0.2, 0.25) is 0 Å². The zero-order valence-corrected chi connectivity index (χ0v) is 9.26. The van der Waals surface area contributed by atoms with Crippen LogP contribution in [0.15, 0.2) is 18.2 Å². The van der Waals surface area contributed by atoms with Gasteiger partial charge in [-0.05, 0) is 29.7 Å². The summed E-state index contributed by atoms with van der Waals surface area (Å²) in [7, 11) is 0. The van der Waals surface area contributed by atoms with Crippen molar-refractivity contribution in [2.24, 2.45) is 0 Å². The van der Waals surface area contributed by atoms with E-state index in [9.17, 15) is 4.39 Å². The van der Waals surface area contributed by atoms with Crippen molar-refractivity contribution >= 4 is 0 Å². The molecule has 0 radical (unpaired) electrons. The summed E-state index contributed by atoms with van der Waals surface area (Å²) in [5.41, 5.74) is 2.77. The Morgan fingerprint density at radius 3 is 2.73 bits per heavy atom. The zero-order chi connectivity index (χ0) is 11.3. The summed E-state index contributed by atoms with van der Waals surface area (Å²) in [5, 5.41) is 8.79. The van der Waals surface area contributed by atoms with Crippen LogP contribution in [-0.4, -0.2) is 6.67 Å². The van der Waals surface area contributed by atoms with E-state index in [4.69, 9.17) is 5.26 Å². The van der Waals surface area contributed by atoms with E-state index in [1.807, 2.05) is 19.1 Å². The summed E-state index contributed by atoms with van der Waals surface area (Å²) < 4.78 is 12.6. The van der Waals surface area contributed by atoms with E-state index in [1.54, 1.807) is 6.07 Å². The van der Waals surface area contributed by atoms with E-state index in [-0.39, 0.29) is 12.6 Å². The predicted octanol–water partition coefficient (Wildman–Crippen LogP) is 3.58. The number of benzene rings is 1. The molecule has 0 aliphatic carbocycles. The SMILES string of the molecule is CCCc1ccc(C#N)cc1C(C)CF. The average Bonchev–Trinajstić information content (AvgIpc) is 2.29. The van der Waals surface area contributed by atoms with Gasteiger partial charge in [0.05, 0.1) is 18.3 Å². The molecule has 0 N–H and O–H groups in total. The van der Waals surface area contributed by atoms with E-state index in [2.05, 4.69) is 13.0 Å². The number of aryl methyl sites for hydroxylation is 1. The number of nitriles is 1. The van der Waals surface area contributed by atoms with Gasteiger partial charge < -0.3 is 0 Å². The zero-order valence-electron chi connectivity index (χ0n) is 9.26. The van der Waals surface area contributed by atoms with Crippen LogP contribution in [0.25, 0.3) is 0 Å². The lowest BCUT2D eigenvalue weighted by Crippen LogP contribution is -2.01. The molecule has 0 heterocycles. The maximum Gasteiger partial charge on any atom is 0.0991 e. The molecular formula is C13H16FN. The van der Waals surface area contributed by atoms with E-state index >= 15 is 0 Å². The first-order chi connectivity index (χ1) is 7.22. The average molecular weight is 205 g/mol. The third kappa shape index (κ3) is 2.79. The first kappa shape index (κ1) is 11.7. The third-order valence-corrected chi connectivity index (χ3v) is 2.56. The van der Waals surface area contributed by atoms with Gasteiger partial charge in [0.2, 0.25) is 0 Å². The van der Waals surface area contributed by atoms with Crippen LogP contribution in [0.1, 0.15) is 42.9 Å². The highest BCUT2D eigenvalue weighted by atomic mass is 19.1. The van der Waals surface area contributed by atoms with Crippen molar-refractivity contribution in [1.29, 1.82) is 5.26 Å². The molecular weight excluding hydrogens is 189 g/mol. The number of nitrogens with zero attached hydrogens (tertiary/aromatic N) is 1. The molecule has 0 bridgehead atoms. The van der Waals surface area contributed by atoms with Crippen LogP contribution in [0.5, 0.6) is 0 Å². The van der Waals surface area contributed by atoms with Gasteiger partial charge in [0.1, 0.15) is 0 Å². The van der Waals surface area contributed by atoms with Gasteiger partial charge in [-0.2, -0.15) is 5.26 Å². The van der Waals surface area contributed by atoms with Crippen molar-refractivity contribution in [3.8, 4) is 6.07 Å². The maximum atomic E-state index is 12.6. The second-order valence-electron chi connectivity index (χ2n) is 3.83. The monoisotopic (exact) mass is 205 g/mol. The molecule has 0 fully saturated rings. The molecule has 0 spiro atoms. The predicted molar refractivity (Wildman–Crippen MR) is 59.5 cm³/mol. The van der Waals surface area contributed by atoms with Crippen LogP contribution in [-0.2, 0) is 6.42 Å². The van der Waals surface area contributed by atoms with Gasteiger partial charge in [-0.1, -0.05) is 26.3 Å². The van der Waals surface area contributed by atoms with Gasteiger partial charge >= 0.3 is 0 Å². The summed E-state index contributed by atoms with van der Waals surface area (Å²) >= 11 is 0. The van der Waals surface area contributed by atoms with Crippen molar-refractivity contribution < 1.29 is 4.39 Å². The van der Waals surface area contributed by atoms with E-state index in [0.717, 1.165) is 18.4 Å². The lowest BCUT2D eigenvalue weighted by molar-refractivity contribution is 0.445. The minimum absolute atomic E-state index is 0.111. The number of halogens is 1. The molecule has 1 unspecified atom stereocenters. The van der Waals surface area contributed by atoms with Gasteiger partial charge in [-0.25, -0.2) is 0 Å². The molecule has 1 nitrogen and oxygen atoms in total. The fourth-order valence-electron chi connectivity index (χ4n) is 1.70. The Morgan fingerprint density at radius 2 is 2.20 bits per heavy atom. The Hall–Kier alpha value is -1.36. The highest BCUT2D eigenvalue weighted by Crippen LogP contribution is 2.23.